The summed E-state index contributed by atoms with van der Waals surface area (Å²) in [4.78, 5) is 5.73. The van der Waals surface area contributed by atoms with Crippen molar-refractivity contribution in [2.75, 3.05) is 18.0 Å². The number of pyridine rings is 1. The third kappa shape index (κ3) is 1.61. The van der Waals surface area contributed by atoms with Crippen molar-refractivity contribution in [1.82, 2.24) is 4.98 Å². The summed E-state index contributed by atoms with van der Waals surface area (Å²) in [6.07, 6.45) is 0. The van der Waals surface area contributed by atoms with Gasteiger partial charge in [-0.15, -0.1) is 0 Å². The lowest BCUT2D eigenvalue weighted by atomic mass is 10.1. The van der Waals surface area contributed by atoms with E-state index >= 15 is 0 Å². The maximum atomic E-state index is 12.5. The molecule has 2 nitrogen and oxygen atoms in total. The van der Waals surface area contributed by atoms with Crippen LogP contribution in [-0.2, 0) is 0 Å². The highest BCUT2D eigenvalue weighted by atomic mass is 19.3. The first-order valence-corrected chi connectivity index (χ1v) is 4.13. The zero-order chi connectivity index (χ0) is 9.47. The van der Waals surface area contributed by atoms with Gasteiger partial charge in [0.05, 0.1) is 13.1 Å². The molecule has 4 heteroatoms. The van der Waals surface area contributed by atoms with E-state index in [0.29, 0.717) is 5.82 Å². The topological polar surface area (TPSA) is 16.1 Å². The number of nitrogens with zero attached hydrogens (tertiary/aromatic N) is 2. The Hall–Kier alpha value is -1.19. The molecule has 0 bridgehead atoms. The first-order chi connectivity index (χ1) is 6.07. The zero-order valence-electron chi connectivity index (χ0n) is 7.30. The van der Waals surface area contributed by atoms with Crippen LogP contribution in [0, 0.1) is 6.92 Å². The second-order valence-corrected chi connectivity index (χ2v) is 3.35. The van der Waals surface area contributed by atoms with Crippen LogP contribution in [0.1, 0.15) is 5.69 Å². The molecule has 1 aliphatic heterocycles. The van der Waals surface area contributed by atoms with Crippen LogP contribution in [0.3, 0.4) is 0 Å². The van der Waals surface area contributed by atoms with Gasteiger partial charge in [0.25, 0.3) is 5.92 Å². The summed E-state index contributed by atoms with van der Waals surface area (Å²) in [5, 5.41) is 0. The lowest BCUT2D eigenvalue weighted by molar-refractivity contribution is -0.0267. The van der Waals surface area contributed by atoms with E-state index in [2.05, 4.69) is 4.98 Å². The molecule has 1 aromatic rings. The quantitative estimate of drug-likeness (QED) is 0.662. The van der Waals surface area contributed by atoms with Crippen LogP contribution in [0.25, 0.3) is 0 Å². The van der Waals surface area contributed by atoms with Gasteiger partial charge in [0.1, 0.15) is 5.82 Å². The average Bonchev–Trinajstić information content (AvgIpc) is 2.00. The summed E-state index contributed by atoms with van der Waals surface area (Å²) < 4.78 is 25.0. The van der Waals surface area contributed by atoms with Gasteiger partial charge in [0.15, 0.2) is 0 Å². The molecule has 2 rings (SSSR count). The monoisotopic (exact) mass is 184 g/mol. The van der Waals surface area contributed by atoms with Crippen LogP contribution in [0.2, 0.25) is 0 Å². The van der Waals surface area contributed by atoms with E-state index in [4.69, 9.17) is 0 Å². The van der Waals surface area contributed by atoms with Crippen molar-refractivity contribution in [3.05, 3.63) is 23.9 Å². The summed E-state index contributed by atoms with van der Waals surface area (Å²) >= 11 is 0. The molecule has 1 fully saturated rings. The molecule has 0 aromatic carbocycles. The van der Waals surface area contributed by atoms with Crippen molar-refractivity contribution >= 4 is 5.82 Å². The van der Waals surface area contributed by atoms with E-state index < -0.39 is 5.92 Å². The molecule has 1 saturated heterocycles. The minimum Gasteiger partial charge on any atom is -0.344 e. The molecule has 0 saturated carbocycles. The summed E-state index contributed by atoms with van der Waals surface area (Å²) in [6, 6.07) is 5.43. The standard InChI is InChI=1S/C9H10F2N2/c1-7-3-2-4-8(12-7)13-5-9(10,11)6-13/h2-4H,5-6H2,1H3. The third-order valence-corrected chi connectivity index (χ3v) is 2.04. The SMILES string of the molecule is Cc1cccc(N2CC(F)(F)C2)n1. The van der Waals surface area contributed by atoms with E-state index in [9.17, 15) is 8.78 Å². The van der Waals surface area contributed by atoms with Crippen LogP contribution < -0.4 is 4.90 Å². The van der Waals surface area contributed by atoms with E-state index in [1.165, 1.54) is 0 Å². The molecule has 70 valence electrons. The predicted molar refractivity (Wildman–Crippen MR) is 46.1 cm³/mol. The number of anilines is 1. The van der Waals surface area contributed by atoms with Gasteiger partial charge in [0, 0.05) is 5.69 Å². The first kappa shape index (κ1) is 8.41. The molecule has 0 amide bonds. The van der Waals surface area contributed by atoms with Crippen molar-refractivity contribution in [2.45, 2.75) is 12.8 Å². The lowest BCUT2D eigenvalue weighted by Gasteiger charge is -2.39. The molecule has 2 heterocycles. The van der Waals surface area contributed by atoms with Gasteiger partial charge in [-0.2, -0.15) is 0 Å². The molecule has 0 aliphatic carbocycles. The lowest BCUT2D eigenvalue weighted by Crippen LogP contribution is -2.56. The van der Waals surface area contributed by atoms with Crippen LogP contribution in [0.4, 0.5) is 14.6 Å². The Morgan fingerprint density at radius 3 is 2.62 bits per heavy atom. The summed E-state index contributed by atoms with van der Waals surface area (Å²) in [7, 11) is 0. The Kier molecular flexibility index (Phi) is 1.71. The Bertz CT molecular complexity index is 317. The molecule has 0 spiro atoms. The summed E-state index contributed by atoms with van der Waals surface area (Å²) in [5.41, 5.74) is 0.854. The number of hydrogen-bond donors (Lipinski definition) is 0. The van der Waals surface area contributed by atoms with Gasteiger partial charge in [-0.05, 0) is 19.1 Å². The van der Waals surface area contributed by atoms with E-state index in [-0.39, 0.29) is 13.1 Å². The largest absolute Gasteiger partial charge is 0.344 e. The number of aryl methyl sites for hydroxylation is 1. The van der Waals surface area contributed by atoms with Crippen LogP contribution in [0.5, 0.6) is 0 Å². The van der Waals surface area contributed by atoms with E-state index in [1.54, 1.807) is 11.0 Å². The third-order valence-electron chi connectivity index (χ3n) is 2.04. The molecule has 0 radical (unpaired) electrons. The van der Waals surface area contributed by atoms with Gasteiger partial charge < -0.3 is 4.90 Å². The van der Waals surface area contributed by atoms with Crippen LogP contribution >= 0.6 is 0 Å². The maximum absolute atomic E-state index is 12.5. The smallest absolute Gasteiger partial charge is 0.282 e. The van der Waals surface area contributed by atoms with Gasteiger partial charge in [-0.25, -0.2) is 13.8 Å². The molecule has 0 atom stereocenters. The second-order valence-electron chi connectivity index (χ2n) is 3.35. The van der Waals surface area contributed by atoms with E-state index in [1.807, 2.05) is 19.1 Å². The highest BCUT2D eigenvalue weighted by molar-refractivity contribution is 5.43. The number of halogens is 2. The fraction of sp³-hybridized carbons (Fsp3) is 0.444. The minimum atomic E-state index is -2.52. The Morgan fingerprint density at radius 2 is 2.08 bits per heavy atom. The molecular weight excluding hydrogens is 174 g/mol. The highest BCUT2D eigenvalue weighted by Gasteiger charge is 2.44. The number of rotatable bonds is 1. The van der Waals surface area contributed by atoms with Gasteiger partial charge in [-0.3, -0.25) is 0 Å². The predicted octanol–water partition coefficient (Wildman–Crippen LogP) is 1.85. The van der Waals surface area contributed by atoms with Crippen molar-refractivity contribution in [3.8, 4) is 0 Å². The van der Waals surface area contributed by atoms with Gasteiger partial charge in [0.2, 0.25) is 0 Å². The fourth-order valence-corrected chi connectivity index (χ4v) is 1.38. The molecule has 0 N–H and O–H groups in total. The summed E-state index contributed by atoms with van der Waals surface area (Å²) in [6.45, 7) is 1.44. The summed E-state index contributed by atoms with van der Waals surface area (Å²) in [5.74, 6) is -1.88. The number of hydrogen-bond acceptors (Lipinski definition) is 2. The van der Waals surface area contributed by atoms with Crippen molar-refractivity contribution in [2.24, 2.45) is 0 Å². The number of aromatic nitrogens is 1. The molecular formula is C9H10F2N2. The van der Waals surface area contributed by atoms with E-state index in [0.717, 1.165) is 5.69 Å². The molecule has 13 heavy (non-hydrogen) atoms. The molecule has 1 aromatic heterocycles. The highest BCUT2D eigenvalue weighted by Crippen LogP contribution is 2.30. The second kappa shape index (κ2) is 2.65. The van der Waals surface area contributed by atoms with Crippen molar-refractivity contribution in [1.29, 1.82) is 0 Å². The van der Waals surface area contributed by atoms with Crippen molar-refractivity contribution in [3.63, 3.8) is 0 Å². The minimum absolute atomic E-state index is 0.205. The van der Waals surface area contributed by atoms with Gasteiger partial charge >= 0.3 is 0 Å². The first-order valence-electron chi connectivity index (χ1n) is 4.13. The average molecular weight is 184 g/mol. The van der Waals surface area contributed by atoms with Crippen molar-refractivity contribution < 1.29 is 8.78 Å². The number of alkyl halides is 2. The van der Waals surface area contributed by atoms with Crippen LogP contribution in [-0.4, -0.2) is 24.0 Å². The Morgan fingerprint density at radius 1 is 1.38 bits per heavy atom. The Balaban J connectivity index is 2.11. The normalized spacial score (nSPS) is 19.8. The fourth-order valence-electron chi connectivity index (χ4n) is 1.38. The van der Waals surface area contributed by atoms with Gasteiger partial charge in [-0.1, -0.05) is 6.07 Å². The Labute approximate surface area is 75.2 Å². The molecule has 1 aliphatic rings. The zero-order valence-corrected chi connectivity index (χ0v) is 7.30. The maximum Gasteiger partial charge on any atom is 0.282 e. The van der Waals surface area contributed by atoms with Crippen LogP contribution in [0.15, 0.2) is 18.2 Å². The molecule has 0 unspecified atom stereocenters.